The van der Waals surface area contributed by atoms with E-state index in [1.807, 2.05) is 73.8 Å². The van der Waals surface area contributed by atoms with E-state index in [2.05, 4.69) is 28.1 Å². The number of carboxylic acids is 1. The Hall–Kier alpha value is -3.37. The van der Waals surface area contributed by atoms with Crippen LogP contribution >= 0.6 is 0 Å². The topological polar surface area (TPSA) is 54.3 Å². The lowest BCUT2D eigenvalue weighted by Gasteiger charge is -2.14. The number of benzene rings is 3. The first-order valence-corrected chi connectivity index (χ1v) is 9.75. The number of carbonyl (C=O) groups is 1. The van der Waals surface area contributed by atoms with Crippen molar-refractivity contribution in [1.29, 1.82) is 0 Å². The predicted octanol–water partition coefficient (Wildman–Crippen LogP) is 4.91. The number of fused-ring (bicyclic) bond motifs is 1. The van der Waals surface area contributed by atoms with Gasteiger partial charge in [-0.2, -0.15) is 0 Å². The number of carboxylic acid groups (broad SMARTS) is 1. The fraction of sp³-hybridized carbons (Fsp3) is 0.160. The van der Waals surface area contributed by atoms with Gasteiger partial charge in [-0.25, -0.2) is 0 Å². The Morgan fingerprint density at radius 1 is 0.966 bits per heavy atom. The van der Waals surface area contributed by atoms with Gasteiger partial charge in [0, 0.05) is 35.8 Å². The number of para-hydroxylation sites is 1. The zero-order valence-electron chi connectivity index (χ0n) is 16.4. The molecule has 3 aromatic carbocycles. The van der Waals surface area contributed by atoms with E-state index in [0.717, 1.165) is 27.6 Å². The van der Waals surface area contributed by atoms with Crippen LogP contribution in [0.25, 0.3) is 10.9 Å². The Morgan fingerprint density at radius 2 is 1.69 bits per heavy atom. The number of nitrogens with one attached hydrogen (secondary N) is 1. The Balaban J connectivity index is 1.67. The minimum Gasteiger partial charge on any atom is -0.480 e. The maximum absolute atomic E-state index is 12.1. The summed E-state index contributed by atoms with van der Waals surface area (Å²) < 4.78 is 2.13. The predicted molar refractivity (Wildman–Crippen MR) is 116 cm³/mol. The third kappa shape index (κ3) is 4.23. The number of aryl methyl sites for hydroxylation is 1. The quantitative estimate of drug-likeness (QED) is 0.476. The number of hydrogen-bond donors (Lipinski definition) is 2. The van der Waals surface area contributed by atoms with E-state index in [1.54, 1.807) is 0 Å². The van der Waals surface area contributed by atoms with Gasteiger partial charge in [-0.15, -0.1) is 0 Å². The molecule has 2 N–H and O–H groups in total. The molecule has 1 aromatic heterocycles. The molecular formula is C25H24N2O2. The molecule has 0 saturated heterocycles. The van der Waals surface area contributed by atoms with Crippen LogP contribution in [0.2, 0.25) is 0 Å². The van der Waals surface area contributed by atoms with E-state index < -0.39 is 12.0 Å². The Kier molecular flexibility index (Phi) is 5.45. The maximum atomic E-state index is 12.1. The second-order valence-corrected chi connectivity index (χ2v) is 7.36. The molecule has 1 atom stereocenters. The van der Waals surface area contributed by atoms with E-state index >= 15 is 0 Å². The second kappa shape index (κ2) is 8.33. The third-order valence-electron chi connectivity index (χ3n) is 5.17. The van der Waals surface area contributed by atoms with Gasteiger partial charge < -0.3 is 9.67 Å². The summed E-state index contributed by atoms with van der Waals surface area (Å²) in [6, 6.07) is 25.5. The molecule has 1 heterocycles. The molecule has 0 spiro atoms. The first-order chi connectivity index (χ1) is 14.1. The summed E-state index contributed by atoms with van der Waals surface area (Å²) in [5.41, 5.74) is 5.24. The molecule has 1 unspecified atom stereocenters. The molecule has 0 aliphatic heterocycles. The zero-order chi connectivity index (χ0) is 20.2. The molecule has 0 radical (unpaired) electrons. The van der Waals surface area contributed by atoms with E-state index in [0.29, 0.717) is 13.1 Å². The van der Waals surface area contributed by atoms with Gasteiger partial charge in [0.05, 0.1) is 0 Å². The molecule has 4 aromatic rings. The van der Waals surface area contributed by atoms with Crippen molar-refractivity contribution in [2.75, 3.05) is 0 Å². The van der Waals surface area contributed by atoms with Crippen molar-refractivity contribution in [3.8, 4) is 0 Å². The smallest absolute Gasteiger partial charge is 0.325 e. The zero-order valence-corrected chi connectivity index (χ0v) is 16.4. The average molecular weight is 384 g/mol. The highest BCUT2D eigenvalue weighted by Gasteiger charge is 2.24. The van der Waals surface area contributed by atoms with Crippen LogP contribution in [0.3, 0.4) is 0 Å². The van der Waals surface area contributed by atoms with Gasteiger partial charge in [-0.3, -0.25) is 10.1 Å². The third-order valence-corrected chi connectivity index (χ3v) is 5.17. The molecule has 4 rings (SSSR count). The molecule has 4 heteroatoms. The molecule has 0 fully saturated rings. The van der Waals surface area contributed by atoms with Crippen molar-refractivity contribution in [2.45, 2.75) is 26.1 Å². The number of hydrogen-bond acceptors (Lipinski definition) is 2. The minimum atomic E-state index is -0.875. The average Bonchev–Trinajstić information content (AvgIpc) is 3.07. The van der Waals surface area contributed by atoms with Crippen molar-refractivity contribution in [3.63, 3.8) is 0 Å². The molecule has 29 heavy (non-hydrogen) atoms. The largest absolute Gasteiger partial charge is 0.480 e. The van der Waals surface area contributed by atoms with Crippen molar-refractivity contribution in [2.24, 2.45) is 0 Å². The van der Waals surface area contributed by atoms with Gasteiger partial charge >= 0.3 is 5.97 Å². The van der Waals surface area contributed by atoms with Crippen LogP contribution in [0.5, 0.6) is 0 Å². The highest BCUT2D eigenvalue weighted by atomic mass is 16.4. The number of aliphatic carboxylic acids is 1. The molecule has 0 aliphatic rings. The monoisotopic (exact) mass is 384 g/mol. The van der Waals surface area contributed by atoms with Gasteiger partial charge in [0.15, 0.2) is 0 Å². The standard InChI is InChI=1S/C25H24N2O2/c1-18-8-7-11-20(14-18)15-26-24(25(28)29)22-17-27(16-19-9-3-2-4-10-19)23-13-6-5-12-21(22)23/h2-14,17,24,26H,15-16H2,1H3,(H,28,29). The maximum Gasteiger partial charge on any atom is 0.325 e. The fourth-order valence-electron chi connectivity index (χ4n) is 3.79. The summed E-state index contributed by atoms with van der Waals surface area (Å²) in [6.45, 7) is 3.23. The molecular weight excluding hydrogens is 360 g/mol. The van der Waals surface area contributed by atoms with Crippen LogP contribution in [-0.4, -0.2) is 15.6 Å². The van der Waals surface area contributed by atoms with E-state index in [-0.39, 0.29) is 0 Å². The van der Waals surface area contributed by atoms with Gasteiger partial charge in [-0.1, -0.05) is 78.4 Å². The second-order valence-electron chi connectivity index (χ2n) is 7.36. The minimum absolute atomic E-state index is 0.497. The van der Waals surface area contributed by atoms with Gasteiger partial charge in [0.1, 0.15) is 6.04 Å². The molecule has 0 aliphatic carbocycles. The van der Waals surface area contributed by atoms with Gasteiger partial charge in [-0.05, 0) is 24.1 Å². The summed E-state index contributed by atoms with van der Waals surface area (Å²) in [4.78, 5) is 12.1. The first-order valence-electron chi connectivity index (χ1n) is 9.75. The van der Waals surface area contributed by atoms with Crippen molar-refractivity contribution in [1.82, 2.24) is 9.88 Å². The highest BCUT2D eigenvalue weighted by molar-refractivity contribution is 5.89. The number of aromatic nitrogens is 1. The van der Waals surface area contributed by atoms with Crippen LogP contribution in [0.1, 0.15) is 28.3 Å². The van der Waals surface area contributed by atoms with Crippen LogP contribution in [0.4, 0.5) is 0 Å². The Morgan fingerprint density at radius 3 is 2.45 bits per heavy atom. The summed E-state index contributed by atoms with van der Waals surface area (Å²) >= 11 is 0. The van der Waals surface area contributed by atoms with Crippen molar-refractivity contribution >= 4 is 16.9 Å². The summed E-state index contributed by atoms with van der Waals surface area (Å²) in [7, 11) is 0. The highest BCUT2D eigenvalue weighted by Crippen LogP contribution is 2.28. The van der Waals surface area contributed by atoms with Crippen LogP contribution in [-0.2, 0) is 17.9 Å². The normalized spacial score (nSPS) is 12.2. The van der Waals surface area contributed by atoms with Gasteiger partial charge in [0.2, 0.25) is 0 Å². The molecule has 0 amide bonds. The summed E-state index contributed by atoms with van der Waals surface area (Å²) in [5, 5.41) is 14.1. The molecule has 0 saturated carbocycles. The van der Waals surface area contributed by atoms with E-state index in [9.17, 15) is 9.90 Å². The number of nitrogens with zero attached hydrogens (tertiary/aromatic N) is 1. The van der Waals surface area contributed by atoms with Crippen LogP contribution in [0, 0.1) is 6.92 Å². The Labute approximate surface area is 170 Å². The summed E-state index contributed by atoms with van der Waals surface area (Å²) in [6.07, 6.45) is 1.97. The molecule has 0 bridgehead atoms. The summed E-state index contributed by atoms with van der Waals surface area (Å²) in [5.74, 6) is -0.875. The SMILES string of the molecule is Cc1cccc(CNC(C(=O)O)c2cn(Cc3ccccc3)c3ccccc23)c1. The van der Waals surface area contributed by atoms with Crippen LogP contribution < -0.4 is 5.32 Å². The molecule has 146 valence electrons. The Bertz CT molecular complexity index is 1130. The van der Waals surface area contributed by atoms with E-state index in [1.165, 1.54) is 5.56 Å². The first kappa shape index (κ1) is 19.0. The fourth-order valence-corrected chi connectivity index (χ4v) is 3.79. The lowest BCUT2D eigenvalue weighted by atomic mass is 10.1. The van der Waals surface area contributed by atoms with Crippen molar-refractivity contribution < 1.29 is 9.90 Å². The van der Waals surface area contributed by atoms with Crippen molar-refractivity contribution in [3.05, 3.63) is 107 Å². The lowest BCUT2D eigenvalue weighted by molar-refractivity contribution is -0.139. The van der Waals surface area contributed by atoms with Crippen LogP contribution in [0.15, 0.2) is 85.1 Å². The van der Waals surface area contributed by atoms with E-state index in [4.69, 9.17) is 0 Å². The number of rotatable bonds is 7. The lowest BCUT2D eigenvalue weighted by Crippen LogP contribution is -2.28. The molecule has 4 nitrogen and oxygen atoms in total. The van der Waals surface area contributed by atoms with Gasteiger partial charge in [0.25, 0.3) is 0 Å².